The predicted molar refractivity (Wildman–Crippen MR) is 76.5 cm³/mol. The van der Waals surface area contributed by atoms with Crippen LogP contribution in [0.25, 0.3) is 0 Å². The molecule has 0 bridgehead atoms. The molecule has 0 aliphatic carbocycles. The van der Waals surface area contributed by atoms with E-state index < -0.39 is 36.3 Å². The minimum absolute atomic E-state index is 0. The van der Waals surface area contributed by atoms with Gasteiger partial charge in [0, 0.05) is 0 Å². The SMILES string of the molecule is N.N[C@@H](CC(=O)O)C(=O)NC(=O)[C@@H](N)Cc1ccccc1. The monoisotopic (exact) mass is 296 g/mol. The van der Waals surface area contributed by atoms with E-state index in [4.69, 9.17) is 16.6 Å². The molecule has 0 aromatic heterocycles. The van der Waals surface area contributed by atoms with Crippen molar-refractivity contribution in [2.75, 3.05) is 0 Å². The zero-order chi connectivity index (χ0) is 15.1. The van der Waals surface area contributed by atoms with E-state index in [1.165, 1.54) is 0 Å². The van der Waals surface area contributed by atoms with Crippen molar-refractivity contribution in [2.45, 2.75) is 24.9 Å². The number of carboxylic acid groups (broad SMARTS) is 1. The van der Waals surface area contributed by atoms with Crippen LogP contribution in [0.1, 0.15) is 12.0 Å². The standard InChI is InChI=1S/C13H17N3O4.H3N/c14-9(6-8-4-2-1-3-5-8)12(19)16-13(20)10(15)7-11(17)18;/h1-5,9-10H,6-7,14-15H2,(H,17,18)(H,16,19,20);1H3/t9-,10-;/m0./s1. The largest absolute Gasteiger partial charge is 0.481 e. The maximum Gasteiger partial charge on any atom is 0.305 e. The summed E-state index contributed by atoms with van der Waals surface area (Å²) in [5, 5.41) is 10.5. The van der Waals surface area contributed by atoms with Crippen LogP contribution >= 0.6 is 0 Å². The van der Waals surface area contributed by atoms with Gasteiger partial charge in [-0.15, -0.1) is 0 Å². The first-order valence-corrected chi connectivity index (χ1v) is 6.01. The Bertz CT molecular complexity index is 492. The Morgan fingerprint density at radius 1 is 1.05 bits per heavy atom. The topological polar surface area (TPSA) is 171 Å². The maximum absolute atomic E-state index is 11.7. The van der Waals surface area contributed by atoms with E-state index in [9.17, 15) is 14.4 Å². The Morgan fingerprint density at radius 3 is 2.10 bits per heavy atom. The molecule has 9 N–H and O–H groups in total. The number of hydrogen-bond donors (Lipinski definition) is 5. The van der Waals surface area contributed by atoms with Crippen LogP contribution in [0, 0.1) is 0 Å². The van der Waals surface area contributed by atoms with Crippen LogP contribution in [0.5, 0.6) is 0 Å². The van der Waals surface area contributed by atoms with Gasteiger partial charge in [0.05, 0.1) is 18.5 Å². The first-order chi connectivity index (χ1) is 9.40. The second-order valence-electron chi connectivity index (χ2n) is 4.35. The summed E-state index contributed by atoms with van der Waals surface area (Å²) >= 11 is 0. The van der Waals surface area contributed by atoms with Crippen LogP contribution in [0.2, 0.25) is 0 Å². The van der Waals surface area contributed by atoms with Crippen molar-refractivity contribution in [1.29, 1.82) is 0 Å². The second-order valence-corrected chi connectivity index (χ2v) is 4.35. The van der Waals surface area contributed by atoms with Gasteiger partial charge in [0.15, 0.2) is 0 Å². The fourth-order valence-electron chi connectivity index (χ4n) is 1.55. The molecule has 116 valence electrons. The minimum Gasteiger partial charge on any atom is -0.481 e. The molecule has 2 amide bonds. The number of carbonyl (C=O) groups excluding carboxylic acids is 2. The molecule has 0 radical (unpaired) electrons. The molecule has 0 fully saturated rings. The third-order valence-corrected chi connectivity index (χ3v) is 2.61. The number of nitrogens with two attached hydrogens (primary N) is 2. The van der Waals surface area contributed by atoms with Crippen LogP contribution in [0.15, 0.2) is 30.3 Å². The number of hydrogen-bond acceptors (Lipinski definition) is 6. The molecule has 21 heavy (non-hydrogen) atoms. The normalized spacial score (nSPS) is 12.7. The lowest BCUT2D eigenvalue weighted by Gasteiger charge is -2.13. The lowest BCUT2D eigenvalue weighted by Crippen LogP contribution is -2.50. The molecule has 1 aromatic rings. The molecule has 0 heterocycles. The number of rotatable bonds is 6. The number of aliphatic carboxylic acids is 1. The van der Waals surface area contributed by atoms with E-state index in [-0.39, 0.29) is 12.6 Å². The van der Waals surface area contributed by atoms with Gasteiger partial charge in [-0.05, 0) is 12.0 Å². The van der Waals surface area contributed by atoms with Gasteiger partial charge >= 0.3 is 5.97 Å². The molecule has 0 spiro atoms. The molecular weight excluding hydrogens is 276 g/mol. The first-order valence-electron chi connectivity index (χ1n) is 6.01. The van der Waals surface area contributed by atoms with E-state index in [0.29, 0.717) is 0 Å². The molecule has 8 heteroatoms. The highest BCUT2D eigenvalue weighted by Gasteiger charge is 2.22. The third kappa shape index (κ3) is 6.61. The van der Waals surface area contributed by atoms with Crippen molar-refractivity contribution >= 4 is 17.8 Å². The van der Waals surface area contributed by atoms with Crippen LogP contribution in [-0.2, 0) is 20.8 Å². The molecule has 0 unspecified atom stereocenters. The zero-order valence-electron chi connectivity index (χ0n) is 11.5. The Labute approximate surface area is 122 Å². The van der Waals surface area contributed by atoms with E-state index >= 15 is 0 Å². The summed E-state index contributed by atoms with van der Waals surface area (Å²) in [6.45, 7) is 0. The van der Waals surface area contributed by atoms with E-state index in [0.717, 1.165) is 5.56 Å². The lowest BCUT2D eigenvalue weighted by atomic mass is 10.1. The number of benzene rings is 1. The molecule has 0 aliphatic heterocycles. The Hall–Kier alpha value is -2.29. The van der Waals surface area contributed by atoms with Gasteiger partial charge in [0.25, 0.3) is 0 Å². The Kier molecular flexibility index (Phi) is 7.84. The van der Waals surface area contributed by atoms with Gasteiger partial charge in [-0.3, -0.25) is 19.7 Å². The summed E-state index contributed by atoms with van der Waals surface area (Å²) < 4.78 is 0. The van der Waals surface area contributed by atoms with Crippen molar-refractivity contribution in [3.05, 3.63) is 35.9 Å². The fourth-order valence-corrected chi connectivity index (χ4v) is 1.55. The molecule has 0 saturated carbocycles. The zero-order valence-corrected chi connectivity index (χ0v) is 11.5. The summed E-state index contributed by atoms with van der Waals surface area (Å²) in [5.74, 6) is -2.74. The van der Waals surface area contributed by atoms with Gasteiger partial charge < -0.3 is 22.7 Å². The third-order valence-electron chi connectivity index (χ3n) is 2.61. The smallest absolute Gasteiger partial charge is 0.305 e. The highest BCUT2D eigenvalue weighted by molar-refractivity contribution is 6.00. The number of carbonyl (C=O) groups is 3. The maximum atomic E-state index is 11.7. The fraction of sp³-hybridized carbons (Fsp3) is 0.308. The number of amides is 2. The van der Waals surface area contributed by atoms with Crippen LogP contribution in [0.3, 0.4) is 0 Å². The first kappa shape index (κ1) is 18.7. The van der Waals surface area contributed by atoms with Gasteiger partial charge in [0.1, 0.15) is 0 Å². The van der Waals surface area contributed by atoms with Gasteiger partial charge in [-0.1, -0.05) is 30.3 Å². The second kappa shape index (κ2) is 8.80. The van der Waals surface area contributed by atoms with Crippen molar-refractivity contribution in [3.63, 3.8) is 0 Å². The Morgan fingerprint density at radius 2 is 1.57 bits per heavy atom. The molecule has 1 aromatic carbocycles. The highest BCUT2D eigenvalue weighted by Crippen LogP contribution is 2.02. The number of imide groups is 1. The molecule has 0 saturated heterocycles. The van der Waals surface area contributed by atoms with E-state index in [1.54, 1.807) is 0 Å². The molecule has 8 nitrogen and oxygen atoms in total. The average Bonchev–Trinajstić information content (AvgIpc) is 2.38. The highest BCUT2D eigenvalue weighted by atomic mass is 16.4. The van der Waals surface area contributed by atoms with Crippen molar-refractivity contribution in [1.82, 2.24) is 11.5 Å². The predicted octanol–water partition coefficient (Wildman–Crippen LogP) is -0.837. The van der Waals surface area contributed by atoms with Gasteiger partial charge in [-0.25, -0.2) is 0 Å². The summed E-state index contributed by atoms with van der Waals surface area (Å²) in [5.41, 5.74) is 11.9. The average molecular weight is 296 g/mol. The summed E-state index contributed by atoms with van der Waals surface area (Å²) in [6.07, 6.45) is -0.277. The van der Waals surface area contributed by atoms with Crippen molar-refractivity contribution in [3.8, 4) is 0 Å². The lowest BCUT2D eigenvalue weighted by molar-refractivity contribution is -0.140. The van der Waals surface area contributed by atoms with E-state index in [2.05, 4.69) is 0 Å². The number of carboxylic acids is 1. The molecule has 0 aliphatic rings. The van der Waals surface area contributed by atoms with Gasteiger partial charge in [0.2, 0.25) is 11.8 Å². The molecule has 2 atom stereocenters. The minimum atomic E-state index is -1.28. The van der Waals surface area contributed by atoms with E-state index in [1.807, 2.05) is 35.6 Å². The molecule has 1 rings (SSSR count). The quantitative estimate of drug-likeness (QED) is 0.455. The van der Waals surface area contributed by atoms with Crippen molar-refractivity contribution < 1.29 is 19.5 Å². The van der Waals surface area contributed by atoms with Gasteiger partial charge in [-0.2, -0.15) is 0 Å². The molecular formula is C13H20N4O4. The van der Waals surface area contributed by atoms with Crippen LogP contribution < -0.4 is 22.9 Å². The summed E-state index contributed by atoms with van der Waals surface area (Å²) in [6, 6.07) is 6.90. The van der Waals surface area contributed by atoms with Crippen LogP contribution in [-0.4, -0.2) is 35.0 Å². The summed E-state index contributed by atoms with van der Waals surface area (Å²) in [7, 11) is 0. The number of nitrogens with one attached hydrogen (secondary N) is 1. The van der Waals surface area contributed by atoms with Crippen molar-refractivity contribution in [2.24, 2.45) is 11.5 Å². The van der Waals surface area contributed by atoms with Crippen LogP contribution in [0.4, 0.5) is 0 Å². The summed E-state index contributed by atoms with van der Waals surface area (Å²) in [4.78, 5) is 33.6. The Balaban J connectivity index is 0.00000400.